The third kappa shape index (κ3) is 397. The van der Waals surface area contributed by atoms with Crippen LogP contribution in [0, 0.1) is 0 Å². The first-order valence-electron chi connectivity index (χ1n) is 0.730. The molecule has 9 heteroatoms. The standard InChI is InChI=1S/Fe.Mn.H3O4P.2H2O/c;;1-5(2,3)4;;/h;;(H3,1,2,3,4);2*1H2/q2*+2;;;/p-3. The molecule has 0 heterocycles. The van der Waals surface area contributed by atoms with Gasteiger partial charge in [0.25, 0.3) is 0 Å². The van der Waals surface area contributed by atoms with E-state index in [1.807, 2.05) is 0 Å². The van der Waals surface area contributed by atoms with Crippen LogP contribution >= 0.6 is 7.82 Å². The SMILES string of the molecule is O.O.O=P([O-])([O-])[O-].[Fe+2].[Mn+2]. The Bertz CT molecular complexity index is 59.2. The Morgan fingerprint density at radius 2 is 1.00 bits per heavy atom. The van der Waals surface area contributed by atoms with Crippen LogP contribution in [0.5, 0.6) is 0 Å². The van der Waals surface area contributed by atoms with Crippen LogP contribution in [0.3, 0.4) is 0 Å². The second-order valence-electron chi connectivity index (χ2n) is 0.447. The van der Waals surface area contributed by atoms with Crippen molar-refractivity contribution in [3.8, 4) is 0 Å². The smallest absolute Gasteiger partial charge is 0.822 e. The summed E-state index contributed by atoms with van der Waals surface area (Å²) in [6, 6.07) is 0. The summed E-state index contributed by atoms with van der Waals surface area (Å²) < 4.78 is 8.55. The van der Waals surface area contributed by atoms with Crippen molar-refractivity contribution in [1.82, 2.24) is 0 Å². The summed E-state index contributed by atoms with van der Waals surface area (Å²) in [7, 11) is -5.39. The van der Waals surface area contributed by atoms with Gasteiger partial charge in [0, 0.05) is 0 Å². The van der Waals surface area contributed by atoms with E-state index in [9.17, 15) is 0 Å². The molecule has 0 amide bonds. The summed E-state index contributed by atoms with van der Waals surface area (Å²) in [6.07, 6.45) is 0. The quantitative estimate of drug-likeness (QED) is 0.310. The van der Waals surface area contributed by atoms with Crippen LogP contribution in [0.15, 0.2) is 0 Å². The van der Waals surface area contributed by atoms with Gasteiger partial charge in [0.1, 0.15) is 0 Å². The van der Waals surface area contributed by atoms with Crippen LogP contribution in [0.4, 0.5) is 0 Å². The molecule has 0 aromatic heterocycles. The Morgan fingerprint density at radius 3 is 1.00 bits per heavy atom. The molecule has 0 rings (SSSR count). The molecule has 0 saturated heterocycles. The monoisotopic (exact) mass is 242 g/mol. The number of phosphoric acid groups is 1. The summed E-state index contributed by atoms with van der Waals surface area (Å²) in [5.74, 6) is 0. The fourth-order valence-corrected chi connectivity index (χ4v) is 0. The van der Waals surface area contributed by atoms with E-state index >= 15 is 0 Å². The largest absolute Gasteiger partial charge is 2.00 e. The van der Waals surface area contributed by atoms with Gasteiger partial charge in [-0.1, -0.05) is 0 Å². The van der Waals surface area contributed by atoms with Gasteiger partial charge in [0.15, 0.2) is 0 Å². The maximum Gasteiger partial charge on any atom is 2.00 e. The van der Waals surface area contributed by atoms with Gasteiger partial charge in [0.05, 0.1) is 0 Å². The molecule has 0 spiro atoms. The van der Waals surface area contributed by atoms with Crippen LogP contribution in [0.1, 0.15) is 0 Å². The van der Waals surface area contributed by atoms with Gasteiger partial charge in [-0.3, -0.25) is 0 Å². The van der Waals surface area contributed by atoms with E-state index in [2.05, 4.69) is 0 Å². The fraction of sp³-hybridized carbons (Fsp3) is 0. The third-order valence-corrected chi connectivity index (χ3v) is 0. The zero-order chi connectivity index (χ0) is 4.50. The van der Waals surface area contributed by atoms with Crippen molar-refractivity contribution < 1.29 is 64.3 Å². The third-order valence-electron chi connectivity index (χ3n) is 0. The molecule has 0 atom stereocenters. The average Bonchev–Trinajstić information content (AvgIpc) is 0.722. The van der Waals surface area contributed by atoms with Crippen LogP contribution in [-0.2, 0) is 38.7 Å². The molecule has 0 aromatic carbocycles. The van der Waals surface area contributed by atoms with Crippen molar-refractivity contribution in [1.29, 1.82) is 0 Å². The zero-order valence-electron chi connectivity index (χ0n) is 3.81. The molecule has 9 heavy (non-hydrogen) atoms. The van der Waals surface area contributed by atoms with Gasteiger partial charge < -0.3 is 30.2 Å². The summed E-state index contributed by atoms with van der Waals surface area (Å²) in [5, 5.41) is 0. The summed E-state index contributed by atoms with van der Waals surface area (Å²) in [6.45, 7) is 0. The topological polar surface area (TPSA) is 149 Å². The molecule has 0 aromatic rings. The molecule has 59 valence electrons. The van der Waals surface area contributed by atoms with Gasteiger partial charge in [-0.05, 0) is 0 Å². The molecule has 1 radical (unpaired) electrons. The Kier molecular flexibility index (Phi) is 42.3. The maximum absolute atomic E-state index is 8.55. The van der Waals surface area contributed by atoms with Crippen molar-refractivity contribution in [2.75, 3.05) is 0 Å². The first-order chi connectivity index (χ1) is 2.00. The number of hydrogen-bond acceptors (Lipinski definition) is 4. The second-order valence-corrected chi connectivity index (χ2v) is 1.34. The molecule has 0 aliphatic rings. The van der Waals surface area contributed by atoms with Crippen molar-refractivity contribution in [2.45, 2.75) is 0 Å². The molecule has 4 N–H and O–H groups in total. The van der Waals surface area contributed by atoms with Crippen molar-refractivity contribution in [3.05, 3.63) is 0 Å². The van der Waals surface area contributed by atoms with Crippen LogP contribution in [0.25, 0.3) is 0 Å². The van der Waals surface area contributed by atoms with E-state index in [1.165, 1.54) is 0 Å². The van der Waals surface area contributed by atoms with Crippen LogP contribution in [-0.4, -0.2) is 11.0 Å². The predicted molar refractivity (Wildman–Crippen MR) is 14.8 cm³/mol. The first kappa shape index (κ1) is 32.2. The molecule has 0 unspecified atom stereocenters. The van der Waals surface area contributed by atoms with E-state index in [0.29, 0.717) is 0 Å². The fourth-order valence-electron chi connectivity index (χ4n) is 0. The van der Waals surface area contributed by atoms with Gasteiger partial charge >= 0.3 is 34.1 Å². The van der Waals surface area contributed by atoms with E-state index in [4.69, 9.17) is 19.2 Å². The Labute approximate surface area is 72.5 Å². The van der Waals surface area contributed by atoms with E-state index < -0.39 is 7.82 Å². The van der Waals surface area contributed by atoms with E-state index in [0.717, 1.165) is 0 Å². The number of hydrogen-bond donors (Lipinski definition) is 0. The minimum absolute atomic E-state index is 0. The van der Waals surface area contributed by atoms with Gasteiger partial charge in [-0.2, -0.15) is 7.82 Å². The molecule has 0 aliphatic heterocycles. The summed E-state index contributed by atoms with van der Waals surface area (Å²) >= 11 is 0. The van der Waals surface area contributed by atoms with Crippen molar-refractivity contribution >= 4 is 7.82 Å². The van der Waals surface area contributed by atoms with Gasteiger partial charge in [-0.15, -0.1) is 0 Å². The van der Waals surface area contributed by atoms with Crippen LogP contribution in [0.2, 0.25) is 0 Å². The molecule has 0 saturated carbocycles. The normalized spacial score (nSPS) is 6.56. The Morgan fingerprint density at radius 1 is 1.00 bits per heavy atom. The first-order valence-corrected chi connectivity index (χ1v) is 2.19. The molecular weight excluding hydrogens is 238 g/mol. The maximum atomic E-state index is 8.55. The zero-order valence-corrected chi connectivity index (χ0v) is 6.99. The van der Waals surface area contributed by atoms with Crippen LogP contribution < -0.4 is 14.7 Å². The van der Waals surface area contributed by atoms with Crippen molar-refractivity contribution in [3.63, 3.8) is 0 Å². The Hall–Kier alpha value is 1.07. The molecular formula is H4FeMnO6P+. The van der Waals surface area contributed by atoms with Crippen molar-refractivity contribution in [2.24, 2.45) is 0 Å². The molecule has 0 bridgehead atoms. The van der Waals surface area contributed by atoms with Gasteiger partial charge in [-0.25, -0.2) is 0 Å². The predicted octanol–water partition coefficient (Wildman–Crippen LogP) is -4.48. The molecule has 6 nitrogen and oxygen atoms in total. The second kappa shape index (κ2) is 11.8. The van der Waals surface area contributed by atoms with E-state index in [-0.39, 0.29) is 45.1 Å². The molecule has 0 fully saturated rings. The summed E-state index contributed by atoms with van der Waals surface area (Å²) in [4.78, 5) is 25.6. The average molecular weight is 242 g/mol. The van der Waals surface area contributed by atoms with Gasteiger partial charge in [0.2, 0.25) is 0 Å². The minimum Gasteiger partial charge on any atom is -0.822 e. The summed E-state index contributed by atoms with van der Waals surface area (Å²) in [5.41, 5.74) is 0. The van der Waals surface area contributed by atoms with E-state index in [1.54, 1.807) is 0 Å². The Balaban J connectivity index is -0.0000000133. The minimum atomic E-state index is -5.39. The molecule has 0 aliphatic carbocycles. The number of rotatable bonds is 0.